The van der Waals surface area contributed by atoms with Crippen molar-refractivity contribution < 1.29 is 22.7 Å². The monoisotopic (exact) mass is 383 g/mol. The molecule has 2 rings (SSSR count). The molecule has 0 saturated carbocycles. The number of ether oxygens (including phenoxy) is 2. The molecule has 132 valence electrons. The van der Waals surface area contributed by atoms with Gasteiger partial charge in [0.25, 0.3) is 10.0 Å². The van der Waals surface area contributed by atoms with Crippen LogP contribution in [0.4, 0.5) is 10.7 Å². The number of hydrogen-bond donors (Lipinski definition) is 2. The number of amides is 2. The first-order valence-electron chi connectivity index (χ1n) is 6.63. The summed E-state index contributed by atoms with van der Waals surface area (Å²) in [6.45, 7) is 0. The topological polar surface area (TPSA) is 143 Å². The number of nitriles is 1. The van der Waals surface area contributed by atoms with E-state index in [-0.39, 0.29) is 28.3 Å². The lowest BCUT2D eigenvalue weighted by Gasteiger charge is -2.09. The van der Waals surface area contributed by atoms with E-state index in [1.165, 1.54) is 31.7 Å². The molecule has 2 aromatic rings. The van der Waals surface area contributed by atoms with Gasteiger partial charge in [-0.05, 0) is 17.0 Å². The smallest absolute Gasteiger partial charge is 0.335 e. The van der Waals surface area contributed by atoms with E-state index in [0.29, 0.717) is 5.56 Å². The van der Waals surface area contributed by atoms with E-state index in [9.17, 15) is 13.2 Å². The second-order valence-corrected chi connectivity index (χ2v) is 7.20. The Labute approximate surface area is 147 Å². The summed E-state index contributed by atoms with van der Waals surface area (Å²) in [5.41, 5.74) is 0.312. The highest BCUT2D eigenvalue weighted by Crippen LogP contribution is 2.23. The van der Waals surface area contributed by atoms with E-state index in [1.54, 1.807) is 0 Å². The lowest BCUT2D eigenvalue weighted by molar-refractivity contribution is 0.256. The van der Waals surface area contributed by atoms with Gasteiger partial charge in [-0.3, -0.25) is 5.32 Å². The number of carbonyl (C=O) groups excluding carboxylic acids is 1. The van der Waals surface area contributed by atoms with Crippen LogP contribution in [0.1, 0.15) is 5.56 Å². The molecule has 0 aliphatic carbocycles. The Morgan fingerprint density at radius 2 is 1.96 bits per heavy atom. The van der Waals surface area contributed by atoms with E-state index < -0.39 is 16.1 Å². The van der Waals surface area contributed by atoms with Crippen LogP contribution in [0.3, 0.4) is 0 Å². The van der Waals surface area contributed by atoms with Crippen LogP contribution in [-0.2, 0) is 16.4 Å². The van der Waals surface area contributed by atoms with Gasteiger partial charge in [0.15, 0.2) is 0 Å². The molecule has 0 aliphatic rings. The third-order valence-electron chi connectivity index (χ3n) is 2.77. The molecule has 2 heterocycles. The van der Waals surface area contributed by atoms with Crippen molar-refractivity contribution >= 4 is 33.3 Å². The molecule has 0 atom stereocenters. The number of methoxy groups -OCH3 is 2. The maximum Gasteiger partial charge on any atom is 0.335 e. The van der Waals surface area contributed by atoms with Crippen LogP contribution < -0.4 is 19.5 Å². The van der Waals surface area contributed by atoms with Crippen molar-refractivity contribution in [2.24, 2.45) is 0 Å². The second-order valence-electron chi connectivity index (χ2n) is 4.40. The number of rotatable bonds is 6. The molecule has 0 saturated heterocycles. The average Bonchev–Trinajstić information content (AvgIpc) is 3.03. The molecule has 0 bridgehead atoms. The Hall–Kier alpha value is -2.91. The van der Waals surface area contributed by atoms with Crippen molar-refractivity contribution in [2.75, 3.05) is 19.5 Å². The quantitative estimate of drug-likeness (QED) is 0.755. The van der Waals surface area contributed by atoms with Gasteiger partial charge in [-0.15, -0.1) is 11.3 Å². The highest BCUT2D eigenvalue weighted by molar-refractivity contribution is 7.92. The highest BCUT2D eigenvalue weighted by atomic mass is 32.2. The van der Waals surface area contributed by atoms with E-state index in [2.05, 4.69) is 15.3 Å². The summed E-state index contributed by atoms with van der Waals surface area (Å²) in [7, 11) is -1.40. The zero-order chi connectivity index (χ0) is 18.4. The predicted octanol–water partition coefficient (Wildman–Crippen LogP) is 1.13. The first-order chi connectivity index (χ1) is 11.9. The molecule has 0 unspecified atom stereocenters. The lowest BCUT2D eigenvalue weighted by Crippen LogP contribution is -2.34. The van der Waals surface area contributed by atoms with Gasteiger partial charge in [0.1, 0.15) is 4.21 Å². The minimum Gasteiger partial charge on any atom is -0.481 e. The minimum atomic E-state index is -4.13. The van der Waals surface area contributed by atoms with E-state index >= 15 is 0 Å². The Balaban J connectivity index is 2.17. The van der Waals surface area contributed by atoms with E-state index in [4.69, 9.17) is 14.7 Å². The van der Waals surface area contributed by atoms with Gasteiger partial charge < -0.3 is 9.47 Å². The summed E-state index contributed by atoms with van der Waals surface area (Å²) in [6.07, 6.45) is -0.0858. The fourth-order valence-corrected chi connectivity index (χ4v) is 4.06. The number of nitrogens with zero attached hydrogens (tertiary/aromatic N) is 3. The molecule has 12 heteroatoms. The molecule has 10 nitrogen and oxygen atoms in total. The molecule has 0 aliphatic heterocycles. The van der Waals surface area contributed by atoms with Crippen molar-refractivity contribution in [1.82, 2.24) is 14.7 Å². The number of thiophene rings is 1. The fourth-order valence-electron chi connectivity index (χ4n) is 1.74. The van der Waals surface area contributed by atoms with Crippen LogP contribution in [0, 0.1) is 11.3 Å². The summed E-state index contributed by atoms with van der Waals surface area (Å²) < 4.78 is 36.2. The number of sulfonamides is 1. The summed E-state index contributed by atoms with van der Waals surface area (Å²) in [4.78, 5) is 19.7. The molecule has 0 fully saturated rings. The van der Waals surface area contributed by atoms with Gasteiger partial charge in [-0.1, -0.05) is 0 Å². The molecular weight excluding hydrogens is 370 g/mol. The molecular formula is C13H13N5O5S2. The third-order valence-corrected chi connectivity index (χ3v) is 5.67. The molecule has 0 aromatic carbocycles. The molecule has 25 heavy (non-hydrogen) atoms. The van der Waals surface area contributed by atoms with Crippen molar-refractivity contribution in [3.63, 3.8) is 0 Å². The van der Waals surface area contributed by atoms with Crippen molar-refractivity contribution in [3.8, 4) is 17.8 Å². The van der Waals surface area contributed by atoms with Crippen LogP contribution in [0.25, 0.3) is 0 Å². The fraction of sp³-hybridized carbons (Fsp3) is 0.231. The lowest BCUT2D eigenvalue weighted by atomic mass is 10.3. The molecule has 0 spiro atoms. The Kier molecular flexibility index (Phi) is 5.73. The summed E-state index contributed by atoms with van der Waals surface area (Å²) in [5, 5.41) is 12.4. The Morgan fingerprint density at radius 3 is 2.52 bits per heavy atom. The van der Waals surface area contributed by atoms with Crippen LogP contribution >= 0.6 is 11.3 Å². The van der Waals surface area contributed by atoms with E-state index in [1.807, 2.05) is 10.8 Å². The van der Waals surface area contributed by atoms with Gasteiger partial charge in [0.2, 0.25) is 17.7 Å². The number of anilines is 1. The number of aromatic nitrogens is 2. The van der Waals surface area contributed by atoms with Gasteiger partial charge in [-0.25, -0.2) is 17.9 Å². The van der Waals surface area contributed by atoms with Crippen molar-refractivity contribution in [2.45, 2.75) is 10.6 Å². The van der Waals surface area contributed by atoms with Crippen LogP contribution in [0.15, 0.2) is 21.7 Å². The normalized spacial score (nSPS) is 10.6. The van der Waals surface area contributed by atoms with Crippen LogP contribution in [0.2, 0.25) is 0 Å². The van der Waals surface area contributed by atoms with Crippen molar-refractivity contribution in [1.29, 1.82) is 5.26 Å². The van der Waals surface area contributed by atoms with Gasteiger partial charge >= 0.3 is 6.03 Å². The third kappa shape index (κ3) is 4.55. The number of hydrogen-bond acceptors (Lipinski definition) is 9. The molecule has 2 aromatic heterocycles. The first-order valence-corrected chi connectivity index (χ1v) is 9.00. The number of carbonyl (C=O) groups is 1. The van der Waals surface area contributed by atoms with E-state index in [0.717, 1.165) is 11.3 Å². The number of nitrogens with one attached hydrogen (secondary N) is 2. The van der Waals surface area contributed by atoms with Crippen LogP contribution in [-0.4, -0.2) is 38.6 Å². The maximum absolute atomic E-state index is 12.3. The second kappa shape index (κ2) is 7.77. The summed E-state index contributed by atoms with van der Waals surface area (Å²) >= 11 is 0.904. The summed E-state index contributed by atoms with van der Waals surface area (Å²) in [5.74, 6) is 0.0477. The molecule has 0 radical (unpaired) electrons. The minimum absolute atomic E-state index is 0.0858. The first kappa shape index (κ1) is 18.4. The zero-order valence-corrected chi connectivity index (χ0v) is 14.8. The zero-order valence-electron chi connectivity index (χ0n) is 13.1. The van der Waals surface area contributed by atoms with Crippen molar-refractivity contribution in [3.05, 3.63) is 23.1 Å². The van der Waals surface area contributed by atoms with Crippen LogP contribution in [0.5, 0.6) is 11.8 Å². The molecule has 2 amide bonds. The Bertz CT molecular complexity index is 897. The standard InChI is InChI=1S/C13H13N5O5S2/c1-22-9-7-10(23-2)16-12(15-9)17-13(19)18-25(20,21)11-8(3-5-14)4-6-24-11/h4,6-7H,3H2,1-2H3,(H2,15,16,17,18,19). The molecule has 2 N–H and O–H groups in total. The maximum atomic E-state index is 12.3. The average molecular weight is 383 g/mol. The summed E-state index contributed by atoms with van der Waals surface area (Å²) in [6, 6.07) is 3.70. The largest absolute Gasteiger partial charge is 0.481 e. The highest BCUT2D eigenvalue weighted by Gasteiger charge is 2.23. The van der Waals surface area contributed by atoms with Gasteiger partial charge in [0.05, 0.1) is 32.8 Å². The van der Waals surface area contributed by atoms with Gasteiger partial charge in [0, 0.05) is 0 Å². The SMILES string of the molecule is COc1cc(OC)nc(NC(=O)NS(=O)(=O)c2sccc2CC#N)n1. The van der Waals surface area contributed by atoms with Gasteiger partial charge in [-0.2, -0.15) is 15.2 Å². The Morgan fingerprint density at radius 1 is 1.32 bits per heavy atom. The predicted molar refractivity (Wildman–Crippen MR) is 88.1 cm³/mol. The number of urea groups is 1.